The van der Waals surface area contributed by atoms with E-state index in [1.807, 2.05) is 13.8 Å². The van der Waals surface area contributed by atoms with Gasteiger partial charge in [-0.25, -0.2) is 0 Å². The van der Waals surface area contributed by atoms with E-state index in [1.165, 1.54) is 6.08 Å². The summed E-state index contributed by atoms with van der Waals surface area (Å²) in [6.07, 6.45) is -4.40. The molecule has 17 heteroatoms. The van der Waals surface area contributed by atoms with Crippen LogP contribution in [0.15, 0.2) is 35.5 Å². The van der Waals surface area contributed by atoms with Gasteiger partial charge in [0.2, 0.25) is 0 Å². The number of carbonyl (C=O) groups is 5. The van der Waals surface area contributed by atoms with Crippen LogP contribution in [0, 0.1) is 11.8 Å². The molecule has 2 rings (SSSR count). The van der Waals surface area contributed by atoms with Crippen LogP contribution in [0.25, 0.3) is 0 Å². The second kappa shape index (κ2) is 19.2. The van der Waals surface area contributed by atoms with Crippen LogP contribution in [0.4, 0.5) is 22.0 Å². The molecule has 1 saturated heterocycles. The van der Waals surface area contributed by atoms with E-state index >= 15 is 0 Å². The number of allylic oxidation sites excluding steroid dienone is 3. The number of amides is 2. The molecule has 0 bridgehead atoms. The van der Waals surface area contributed by atoms with E-state index in [-0.39, 0.29) is 18.9 Å². The molecule has 0 aromatic rings. The first kappa shape index (κ1) is 41.1. The molecule has 1 heterocycles. The predicted octanol–water partition coefficient (Wildman–Crippen LogP) is 1.17. The van der Waals surface area contributed by atoms with E-state index in [0.717, 1.165) is 32.8 Å². The van der Waals surface area contributed by atoms with Gasteiger partial charge in [-0.1, -0.05) is 0 Å². The summed E-state index contributed by atoms with van der Waals surface area (Å²) in [5.41, 5.74) is 0. The molecule has 0 aromatic carbocycles. The number of alkyl halides is 2. The van der Waals surface area contributed by atoms with Gasteiger partial charge in [-0.2, -0.15) is 0 Å². The predicted molar refractivity (Wildman–Crippen MR) is 155 cm³/mol. The van der Waals surface area contributed by atoms with Gasteiger partial charge in [-0.05, 0) is 0 Å². The van der Waals surface area contributed by atoms with Crippen molar-refractivity contribution in [1.29, 1.82) is 0 Å². The summed E-state index contributed by atoms with van der Waals surface area (Å²) >= 11 is -1.60. The van der Waals surface area contributed by atoms with E-state index in [2.05, 4.69) is 3.53 Å². The maximum absolute atomic E-state index is 14.4. The monoisotopic (exact) mass is 807 g/mol. The van der Waals surface area contributed by atoms with Crippen LogP contribution in [-0.4, -0.2) is 89.3 Å². The molecule has 48 heavy (non-hydrogen) atoms. The molecule has 0 saturated carbocycles. The van der Waals surface area contributed by atoms with Crippen molar-refractivity contribution in [3.05, 3.63) is 35.5 Å². The van der Waals surface area contributed by atoms with Crippen molar-refractivity contribution < 1.29 is 86.4 Å². The number of nitrogens with one attached hydrogen (secondary N) is 1. The van der Waals surface area contributed by atoms with Gasteiger partial charge in [-0.3, -0.25) is 0 Å². The quantitative estimate of drug-likeness (QED) is 0.0492. The number of methoxy groups -OCH3 is 1. The summed E-state index contributed by atoms with van der Waals surface area (Å²) in [6, 6.07) is 0. The fourth-order valence-corrected chi connectivity index (χ4v) is 7.33. The van der Waals surface area contributed by atoms with E-state index in [1.54, 1.807) is 6.08 Å². The molecule has 11 nitrogen and oxygen atoms in total. The van der Waals surface area contributed by atoms with Gasteiger partial charge in [-0.15, -0.1) is 0 Å². The Bertz CT molecular complexity index is 1270. The number of carbonyl (C=O) groups excluding carboxylic acids is 5. The van der Waals surface area contributed by atoms with Crippen molar-refractivity contribution in [1.82, 2.24) is 8.43 Å². The van der Waals surface area contributed by atoms with Crippen molar-refractivity contribution in [2.24, 2.45) is 11.8 Å². The Labute approximate surface area is 286 Å². The van der Waals surface area contributed by atoms with Gasteiger partial charge >= 0.3 is 287 Å². The zero-order valence-electron chi connectivity index (χ0n) is 27.4. The topological polar surface area (TPSA) is 138 Å². The first-order valence-electron chi connectivity index (χ1n) is 15.2. The van der Waals surface area contributed by atoms with E-state index in [0.29, 0.717) is 19.3 Å². The molecule has 1 fully saturated rings. The molecule has 0 spiro atoms. The van der Waals surface area contributed by atoms with Gasteiger partial charge in [0.25, 0.3) is 0 Å². The first-order chi connectivity index (χ1) is 22.5. The van der Waals surface area contributed by atoms with Gasteiger partial charge < -0.3 is 0 Å². The van der Waals surface area contributed by atoms with Gasteiger partial charge in [0.1, 0.15) is 0 Å². The normalized spacial score (nSPS) is 23.7. The Hall–Kier alpha value is -3.09. The summed E-state index contributed by atoms with van der Waals surface area (Å²) in [7, 11) is 1.12. The van der Waals surface area contributed by atoms with Crippen LogP contribution in [-0.2, 0) is 42.9 Å². The number of hydrogen-bond donors (Lipinski definition) is 1. The van der Waals surface area contributed by atoms with Gasteiger partial charge in [0.15, 0.2) is 0 Å². The van der Waals surface area contributed by atoms with Crippen LogP contribution < -0.4 is 25.0 Å². The molecule has 1 N–H and O–H groups in total. The molecule has 6 atom stereocenters. The van der Waals surface area contributed by atoms with Crippen LogP contribution in [0.1, 0.15) is 60.3 Å². The van der Waals surface area contributed by atoms with E-state index in [9.17, 15) is 45.9 Å². The Morgan fingerprint density at radius 3 is 2.00 bits per heavy atom. The molecule has 0 radical (unpaired) electrons. The number of hydrogen-bond acceptors (Lipinski definition) is 9. The molecule has 1 aliphatic carbocycles. The zero-order chi connectivity index (χ0) is 36.3. The zero-order valence-corrected chi connectivity index (χ0v) is 29.6. The SMILES string of the molecule is CCC(C)/C=C/[C@@H](OC(C)=O)[C@H](OC(C)=O)[C@@H](OC(C)=O)[C@@H](OC)C(=O)N[I-][C@H]1CCCCN(CC2C(F)=C(F)C(F)C(F)=C2F)C1=O. The summed E-state index contributed by atoms with van der Waals surface area (Å²) in [5, 5.41) is 0. The van der Waals surface area contributed by atoms with Crippen LogP contribution >= 0.6 is 0 Å². The number of esters is 3. The standard InChI is InChI=1S/C31H41F5IN2O9/c1-7-15(2)11-12-21(46-16(3)40)27(47-17(4)41)28(48-18(5)42)29(45-6)30(43)38-37-20-10-8-9-13-39(31(20)44)14-19-22(32)24(34)26(36)25(35)23(19)33/h11-12,15,19-21,26-29H,7-10,13-14H2,1-6H3,(H,38,43)/q-1/b12-11+/t15?,19?,20-,21+,26?,27-,28+,29+/m0/s1. The van der Waals surface area contributed by atoms with Crippen LogP contribution in [0.3, 0.4) is 0 Å². The number of nitrogens with zero attached hydrogens (tertiary/aromatic N) is 1. The number of rotatable bonds is 15. The molecule has 0 aromatic heterocycles. The average molecular weight is 808 g/mol. The molecule has 1 aliphatic heterocycles. The second-order valence-electron chi connectivity index (χ2n) is 11.3. The minimum absolute atomic E-state index is 0.00658. The third-order valence-electron chi connectivity index (χ3n) is 7.55. The van der Waals surface area contributed by atoms with Gasteiger partial charge in [0, 0.05) is 0 Å². The molecule has 2 amide bonds. The molecular formula is C31H41F5IN2O9-. The van der Waals surface area contributed by atoms with E-state index < -0.39 is 121 Å². The van der Waals surface area contributed by atoms with Gasteiger partial charge in [0.05, 0.1) is 0 Å². The van der Waals surface area contributed by atoms with Crippen molar-refractivity contribution in [3.63, 3.8) is 0 Å². The molecule has 272 valence electrons. The Morgan fingerprint density at radius 1 is 0.917 bits per heavy atom. The summed E-state index contributed by atoms with van der Waals surface area (Å²) in [6.45, 7) is 6.20. The third kappa shape index (κ3) is 11.2. The number of ether oxygens (including phenoxy) is 4. The van der Waals surface area contributed by atoms with E-state index in [4.69, 9.17) is 18.9 Å². The van der Waals surface area contributed by atoms with Crippen molar-refractivity contribution in [3.8, 4) is 0 Å². The first-order valence-corrected chi connectivity index (χ1v) is 17.5. The van der Waals surface area contributed by atoms with Crippen LogP contribution in [0.5, 0.6) is 0 Å². The Balaban J connectivity index is 2.33. The number of halogens is 6. The molecular weight excluding hydrogens is 766 g/mol. The molecule has 1 unspecified atom stereocenters. The fourth-order valence-electron chi connectivity index (χ4n) is 4.93. The van der Waals surface area contributed by atoms with Crippen molar-refractivity contribution >= 4 is 29.7 Å². The van der Waals surface area contributed by atoms with Crippen LogP contribution in [0.2, 0.25) is 0 Å². The average Bonchev–Trinajstić information content (AvgIpc) is 3.20. The Kier molecular flexibility index (Phi) is 16.4. The maximum atomic E-state index is 14.4. The summed E-state index contributed by atoms with van der Waals surface area (Å²) < 4.78 is 93.6. The van der Waals surface area contributed by atoms with Crippen molar-refractivity contribution in [2.75, 3.05) is 20.2 Å². The van der Waals surface area contributed by atoms with Crippen molar-refractivity contribution in [2.45, 2.75) is 94.8 Å². The minimum atomic E-state index is -3.19. The third-order valence-corrected chi connectivity index (χ3v) is 10.3. The second-order valence-corrected chi connectivity index (χ2v) is 13.9. The molecule has 2 aliphatic rings. The summed E-state index contributed by atoms with van der Waals surface area (Å²) in [4.78, 5) is 64.3. The summed E-state index contributed by atoms with van der Waals surface area (Å²) in [5.74, 6) is -14.0. The fraction of sp³-hybridized carbons (Fsp3) is 0.645. The number of likely N-dealkylation sites (tertiary alicyclic amines) is 1. The Morgan fingerprint density at radius 2 is 1.48 bits per heavy atom.